The molecule has 0 aromatic carbocycles. The molecule has 0 aromatic rings. The van der Waals surface area contributed by atoms with Gasteiger partial charge in [-0.05, 0) is 6.92 Å². The summed E-state index contributed by atoms with van der Waals surface area (Å²) >= 11 is 0. The van der Waals surface area contributed by atoms with Gasteiger partial charge in [0.25, 0.3) is 0 Å². The number of rotatable bonds is 7. The molecule has 0 bridgehead atoms. The average Bonchev–Trinajstić information content (AvgIpc) is 2.34. The van der Waals surface area contributed by atoms with Crippen molar-refractivity contribution in [3.63, 3.8) is 0 Å². The van der Waals surface area contributed by atoms with Gasteiger partial charge in [-0.3, -0.25) is 9.69 Å². The van der Waals surface area contributed by atoms with E-state index in [4.69, 9.17) is 14.9 Å². The number of nitrogens with zero attached hydrogens (tertiary/aromatic N) is 2. The van der Waals surface area contributed by atoms with Gasteiger partial charge in [-0.15, -0.1) is 0 Å². The number of piperazine rings is 1. The Hall–Kier alpha value is 0.456. The topological polar surface area (TPSA) is 90.3 Å². The van der Waals surface area contributed by atoms with Gasteiger partial charge in [0.2, 0.25) is 6.23 Å². The number of aliphatic carboxylic acids is 2. The second kappa shape index (κ2) is 10.2. The van der Waals surface area contributed by atoms with Crippen LogP contribution in [0.25, 0.3) is 0 Å². The van der Waals surface area contributed by atoms with E-state index in [9.17, 15) is 9.59 Å². The van der Waals surface area contributed by atoms with Crippen molar-refractivity contribution in [3.05, 3.63) is 0 Å². The molecule has 1 unspecified atom stereocenters. The first-order valence-electron chi connectivity index (χ1n) is 6.07. The van der Waals surface area contributed by atoms with E-state index in [0.29, 0.717) is 39.3 Å². The zero-order chi connectivity index (χ0) is 13.5. The quantitative estimate of drug-likeness (QED) is 0.575. The van der Waals surface area contributed by atoms with Crippen molar-refractivity contribution in [2.45, 2.75) is 19.6 Å². The molecule has 0 aliphatic carbocycles. The van der Waals surface area contributed by atoms with Gasteiger partial charge in [0.05, 0.1) is 6.42 Å². The Morgan fingerprint density at radius 1 is 1.21 bits per heavy atom. The third-order valence-corrected chi connectivity index (χ3v) is 2.92. The molecule has 1 aliphatic heterocycles. The molecule has 7 nitrogen and oxygen atoms in total. The number of ether oxygens (including phenoxy) is 1. The Kier molecular flexibility index (Phi) is 10.5. The summed E-state index contributed by atoms with van der Waals surface area (Å²) in [5.74, 6) is -1.79. The summed E-state index contributed by atoms with van der Waals surface area (Å²) in [4.78, 5) is 25.3. The van der Waals surface area contributed by atoms with Crippen LogP contribution in [-0.2, 0) is 14.3 Å². The van der Waals surface area contributed by atoms with E-state index in [0.717, 1.165) is 0 Å². The van der Waals surface area contributed by atoms with Crippen molar-refractivity contribution < 1.29 is 24.5 Å². The molecule has 1 heterocycles. The molecule has 1 aliphatic rings. The zero-order valence-electron chi connectivity index (χ0n) is 10.5. The van der Waals surface area contributed by atoms with Crippen LogP contribution in [-0.4, -0.2) is 129 Å². The van der Waals surface area contributed by atoms with E-state index in [1.165, 1.54) is 0 Å². The molecule has 0 radical (unpaired) electrons. The van der Waals surface area contributed by atoms with E-state index in [2.05, 4.69) is 0 Å². The van der Waals surface area contributed by atoms with E-state index in [1.807, 2.05) is 4.90 Å². The molecule has 1 saturated heterocycles. The van der Waals surface area contributed by atoms with Gasteiger partial charge in [0, 0.05) is 39.3 Å². The summed E-state index contributed by atoms with van der Waals surface area (Å²) in [6, 6.07) is 0. The maximum atomic E-state index is 11.0. The van der Waals surface area contributed by atoms with Crippen LogP contribution < -0.4 is 0 Å². The van der Waals surface area contributed by atoms with Crippen LogP contribution in [0.5, 0.6) is 0 Å². The van der Waals surface area contributed by atoms with Gasteiger partial charge in [0.1, 0.15) is 0 Å². The molecular weight excluding hydrogens is 279 g/mol. The molecule has 0 spiro atoms. The normalized spacial score (nSPS) is 18.6. The monoisotopic (exact) mass is 300 g/mol. The van der Waals surface area contributed by atoms with Crippen LogP contribution in [0.15, 0.2) is 0 Å². The second-order valence-corrected chi connectivity index (χ2v) is 4.17. The summed E-state index contributed by atoms with van der Waals surface area (Å²) in [6.07, 6.45) is -0.773. The standard InChI is InChI=1S/C11H20N2O5.K.H/c1-2-18-10(11(16)17)13-7-5-12(6-8-13)4-3-9(14)15;;/h10H,2-8H2,1H3,(H,14,15)(H,16,17);;. The number of hydrogen-bond donors (Lipinski definition) is 2. The molecule has 0 amide bonds. The van der Waals surface area contributed by atoms with Crippen LogP contribution in [0.4, 0.5) is 0 Å². The first kappa shape index (κ1) is 19.5. The molecule has 0 aromatic heterocycles. The summed E-state index contributed by atoms with van der Waals surface area (Å²) < 4.78 is 5.19. The number of hydrogen-bond acceptors (Lipinski definition) is 5. The van der Waals surface area contributed by atoms with Crippen molar-refractivity contribution in [1.82, 2.24) is 9.80 Å². The number of carboxylic acid groups (broad SMARTS) is 2. The first-order chi connectivity index (χ1) is 8.54. The van der Waals surface area contributed by atoms with Gasteiger partial charge in [-0.1, -0.05) is 0 Å². The van der Waals surface area contributed by atoms with Gasteiger partial charge in [-0.2, -0.15) is 0 Å². The fourth-order valence-corrected chi connectivity index (χ4v) is 1.97. The average molecular weight is 300 g/mol. The number of carbonyl (C=O) groups is 2. The minimum atomic E-state index is -0.976. The Morgan fingerprint density at radius 3 is 2.21 bits per heavy atom. The fourth-order valence-electron chi connectivity index (χ4n) is 1.97. The van der Waals surface area contributed by atoms with Crippen molar-refractivity contribution >= 4 is 63.3 Å². The molecule has 106 valence electrons. The minimum absolute atomic E-state index is 0. The Balaban J connectivity index is 0.00000324. The molecule has 1 atom stereocenters. The van der Waals surface area contributed by atoms with Gasteiger partial charge < -0.3 is 19.8 Å². The van der Waals surface area contributed by atoms with Gasteiger partial charge >= 0.3 is 63.3 Å². The van der Waals surface area contributed by atoms with Crippen molar-refractivity contribution in [1.29, 1.82) is 0 Å². The molecule has 8 heteroatoms. The summed E-state index contributed by atoms with van der Waals surface area (Å²) in [7, 11) is 0. The van der Waals surface area contributed by atoms with Gasteiger partial charge in [0.15, 0.2) is 0 Å². The molecular formula is C11H21KN2O5. The molecule has 1 rings (SSSR count). The van der Waals surface area contributed by atoms with Crippen LogP contribution in [0.3, 0.4) is 0 Å². The number of carboxylic acids is 2. The summed E-state index contributed by atoms with van der Waals surface area (Å²) in [6.45, 7) is 5.13. The molecule has 19 heavy (non-hydrogen) atoms. The zero-order valence-corrected chi connectivity index (χ0v) is 10.5. The molecule has 1 fully saturated rings. The third-order valence-electron chi connectivity index (χ3n) is 2.92. The van der Waals surface area contributed by atoms with Crippen LogP contribution in [0.1, 0.15) is 13.3 Å². The predicted octanol–water partition coefficient (Wildman–Crippen LogP) is -1.12. The van der Waals surface area contributed by atoms with Crippen molar-refractivity contribution in [2.24, 2.45) is 0 Å². The third kappa shape index (κ3) is 7.14. The SMILES string of the molecule is CCOC(C(=O)O)N1CCN(CCC(=O)O)CC1.[KH]. The maximum absolute atomic E-state index is 11.0. The Labute approximate surface area is 155 Å². The van der Waals surface area contributed by atoms with E-state index in [1.54, 1.807) is 11.8 Å². The molecule has 0 saturated carbocycles. The molecule has 2 N–H and O–H groups in total. The van der Waals surface area contributed by atoms with Crippen LogP contribution in [0, 0.1) is 0 Å². The summed E-state index contributed by atoms with van der Waals surface area (Å²) in [5, 5.41) is 17.6. The Morgan fingerprint density at radius 2 is 1.79 bits per heavy atom. The van der Waals surface area contributed by atoms with E-state index >= 15 is 0 Å². The predicted molar refractivity (Wildman–Crippen MR) is 70.5 cm³/mol. The Bertz CT molecular complexity index is 295. The van der Waals surface area contributed by atoms with Gasteiger partial charge in [-0.25, -0.2) is 4.79 Å². The van der Waals surface area contributed by atoms with Crippen molar-refractivity contribution in [2.75, 3.05) is 39.3 Å². The first-order valence-corrected chi connectivity index (χ1v) is 6.07. The van der Waals surface area contributed by atoms with Crippen molar-refractivity contribution in [3.8, 4) is 0 Å². The van der Waals surface area contributed by atoms with Crippen LogP contribution in [0.2, 0.25) is 0 Å². The second-order valence-electron chi connectivity index (χ2n) is 4.17. The van der Waals surface area contributed by atoms with E-state index < -0.39 is 18.2 Å². The fraction of sp³-hybridized carbons (Fsp3) is 0.818. The van der Waals surface area contributed by atoms with Crippen LogP contribution >= 0.6 is 0 Å². The van der Waals surface area contributed by atoms with E-state index in [-0.39, 0.29) is 57.8 Å². The summed E-state index contributed by atoms with van der Waals surface area (Å²) in [5.41, 5.74) is 0.